The molecule has 1 aliphatic carbocycles. The highest BCUT2D eigenvalue weighted by Crippen LogP contribution is 2.43. The van der Waals surface area contributed by atoms with Crippen LogP contribution in [-0.4, -0.2) is 53.4 Å². The zero-order chi connectivity index (χ0) is 32.3. The van der Waals surface area contributed by atoms with Crippen molar-refractivity contribution in [1.82, 2.24) is 9.88 Å². The van der Waals surface area contributed by atoms with Crippen molar-refractivity contribution in [2.24, 2.45) is 15.9 Å². The van der Waals surface area contributed by atoms with E-state index in [0.717, 1.165) is 23.3 Å². The topological polar surface area (TPSA) is 108 Å². The third-order valence-electron chi connectivity index (χ3n) is 9.19. The molecule has 1 aromatic heterocycles. The number of nitrogens with one attached hydrogen (secondary N) is 2. The van der Waals surface area contributed by atoms with Crippen molar-refractivity contribution in [3.63, 3.8) is 0 Å². The molecular weight excluding hydrogens is 607 g/mol. The Kier molecular flexibility index (Phi) is 9.02. The summed E-state index contributed by atoms with van der Waals surface area (Å²) in [6.07, 6.45) is 10.9. The number of likely N-dealkylation sites (tertiary alicyclic amines) is 1. The van der Waals surface area contributed by atoms with Gasteiger partial charge >= 0.3 is 6.03 Å². The number of amides is 3. The molecule has 0 radical (unpaired) electrons. The number of benzene rings is 2. The maximum absolute atomic E-state index is 15.4. The minimum atomic E-state index is -0.997. The van der Waals surface area contributed by atoms with E-state index in [4.69, 9.17) is 21.3 Å². The van der Waals surface area contributed by atoms with Crippen molar-refractivity contribution in [2.45, 2.75) is 56.2 Å². The van der Waals surface area contributed by atoms with Crippen molar-refractivity contribution < 1.29 is 18.7 Å². The van der Waals surface area contributed by atoms with Gasteiger partial charge in [-0.05, 0) is 67.2 Å². The molecule has 238 valence electrons. The molecule has 2 fully saturated rings. The second-order valence-corrected chi connectivity index (χ2v) is 12.5. The standard InChI is InChI=1S/C35H36ClFN6O3/c1-23-35(16-15-24-9-10-24,40-18-6-17-38-23)26-11-13-28(37)29(19-26)41-32(44)30-20-34(46-2,25-7-4-3-5-8-25)22-43(30)33(45)42-31-14-12-27(36)21-39-31/h3-8,11-14,17-19,21,24,30H,9-10,15-16,20,22H2,1-2H3,(H,41,44)(H,39,42,45)/t30-,34-,35?/m1/s1. The summed E-state index contributed by atoms with van der Waals surface area (Å²) in [6.45, 7) is 2.01. The number of rotatable bonds is 9. The summed E-state index contributed by atoms with van der Waals surface area (Å²) < 4.78 is 21.5. The van der Waals surface area contributed by atoms with Gasteiger partial charge in [-0.3, -0.25) is 20.1 Å². The van der Waals surface area contributed by atoms with Gasteiger partial charge in [-0.2, -0.15) is 0 Å². The molecule has 6 rings (SSSR count). The summed E-state index contributed by atoms with van der Waals surface area (Å²) in [4.78, 5) is 42.8. The Morgan fingerprint density at radius 1 is 1.09 bits per heavy atom. The molecule has 3 heterocycles. The van der Waals surface area contributed by atoms with E-state index in [-0.39, 0.29) is 24.5 Å². The highest BCUT2D eigenvalue weighted by molar-refractivity contribution is 6.30. The molecule has 1 unspecified atom stereocenters. The average molecular weight is 643 g/mol. The quantitative estimate of drug-likeness (QED) is 0.259. The molecule has 9 nitrogen and oxygen atoms in total. The van der Waals surface area contributed by atoms with E-state index < -0.39 is 34.9 Å². The van der Waals surface area contributed by atoms with Gasteiger partial charge in [0.2, 0.25) is 5.91 Å². The summed E-state index contributed by atoms with van der Waals surface area (Å²) in [5.74, 6) is -0.216. The molecule has 1 saturated carbocycles. The van der Waals surface area contributed by atoms with Gasteiger partial charge in [-0.1, -0.05) is 60.8 Å². The van der Waals surface area contributed by atoms with Gasteiger partial charge in [0, 0.05) is 37.9 Å². The van der Waals surface area contributed by atoms with E-state index >= 15 is 4.39 Å². The van der Waals surface area contributed by atoms with Crippen LogP contribution in [0.2, 0.25) is 5.02 Å². The molecule has 3 aromatic rings. The Hall–Kier alpha value is -4.41. The second kappa shape index (κ2) is 13.1. The normalized spacial score (nSPS) is 24.0. The predicted molar refractivity (Wildman–Crippen MR) is 178 cm³/mol. The van der Waals surface area contributed by atoms with E-state index in [0.29, 0.717) is 17.4 Å². The van der Waals surface area contributed by atoms with Crippen LogP contribution in [0.3, 0.4) is 0 Å². The molecule has 3 amide bonds. The fraction of sp³-hybridized carbons (Fsp3) is 0.343. The Morgan fingerprint density at radius 3 is 2.61 bits per heavy atom. The summed E-state index contributed by atoms with van der Waals surface area (Å²) in [5.41, 5.74) is 0.582. The fourth-order valence-corrected chi connectivity index (χ4v) is 6.43. The molecule has 2 aromatic carbocycles. The molecule has 46 heavy (non-hydrogen) atoms. The monoisotopic (exact) mass is 642 g/mol. The number of allylic oxidation sites excluding steroid dienone is 1. The van der Waals surface area contributed by atoms with Crippen LogP contribution in [0.4, 0.5) is 20.7 Å². The van der Waals surface area contributed by atoms with Crippen molar-refractivity contribution in [2.75, 3.05) is 24.3 Å². The number of methoxy groups -OCH3 is 1. The number of hydrogen-bond donors (Lipinski definition) is 2. The lowest BCUT2D eigenvalue weighted by Gasteiger charge is -2.31. The van der Waals surface area contributed by atoms with E-state index in [1.165, 1.54) is 30.0 Å². The largest absolute Gasteiger partial charge is 0.372 e. The first-order valence-corrected chi connectivity index (χ1v) is 15.8. The number of urea groups is 1. The molecule has 1 saturated heterocycles. The van der Waals surface area contributed by atoms with Crippen molar-refractivity contribution in [1.29, 1.82) is 0 Å². The summed E-state index contributed by atoms with van der Waals surface area (Å²) in [5, 5.41) is 5.97. The third-order valence-corrected chi connectivity index (χ3v) is 9.41. The molecule has 11 heteroatoms. The maximum atomic E-state index is 15.4. The number of halogens is 2. The van der Waals surface area contributed by atoms with Crippen LogP contribution in [0.5, 0.6) is 0 Å². The molecule has 3 atom stereocenters. The van der Waals surface area contributed by atoms with E-state index in [2.05, 4.69) is 20.6 Å². The van der Waals surface area contributed by atoms with E-state index in [9.17, 15) is 9.59 Å². The lowest BCUT2D eigenvalue weighted by atomic mass is 9.81. The molecule has 3 aliphatic rings. The second-order valence-electron chi connectivity index (χ2n) is 12.1. The van der Waals surface area contributed by atoms with E-state index in [1.54, 1.807) is 49.9 Å². The Morgan fingerprint density at radius 2 is 1.89 bits per heavy atom. The van der Waals surface area contributed by atoms with Crippen LogP contribution < -0.4 is 10.6 Å². The zero-order valence-corrected chi connectivity index (χ0v) is 26.5. The average Bonchev–Trinajstić information content (AvgIpc) is 3.84. The zero-order valence-electron chi connectivity index (χ0n) is 25.7. The number of aliphatic imine (C=N–C) groups is 2. The Labute approximate surface area is 272 Å². The van der Waals surface area contributed by atoms with Gasteiger partial charge in [0.25, 0.3) is 0 Å². The molecular formula is C35H36ClFN6O3. The lowest BCUT2D eigenvalue weighted by molar-refractivity contribution is -0.119. The molecule has 0 spiro atoms. The number of ether oxygens (including phenoxy) is 1. The van der Waals surface area contributed by atoms with Gasteiger partial charge in [0.1, 0.15) is 28.8 Å². The number of carbonyl (C=O) groups excluding carboxylic acids is 2. The first-order chi connectivity index (χ1) is 22.2. The number of hydrogen-bond acceptors (Lipinski definition) is 6. The van der Waals surface area contributed by atoms with E-state index in [1.807, 2.05) is 37.3 Å². The van der Waals surface area contributed by atoms with Crippen molar-refractivity contribution in [3.05, 3.63) is 101 Å². The van der Waals surface area contributed by atoms with Gasteiger partial charge in [-0.15, -0.1) is 0 Å². The lowest BCUT2D eigenvalue weighted by Crippen LogP contribution is -2.45. The molecule has 0 bridgehead atoms. The minimum Gasteiger partial charge on any atom is -0.372 e. The third kappa shape index (κ3) is 6.45. The SMILES string of the molecule is CO[C@]1(c2ccccc2)C[C@H](C(=O)Nc2cc(C3(CCC4CC4)N=CC=CN=C3C)ccc2F)N(C(=O)Nc2ccc(Cl)cn2)C1. The summed E-state index contributed by atoms with van der Waals surface area (Å²) in [7, 11) is 1.56. The van der Waals surface area contributed by atoms with Crippen molar-refractivity contribution in [3.8, 4) is 0 Å². The van der Waals surface area contributed by atoms with Crippen LogP contribution in [-0.2, 0) is 20.7 Å². The number of carbonyl (C=O) groups is 2. The predicted octanol–water partition coefficient (Wildman–Crippen LogP) is 7.11. The summed E-state index contributed by atoms with van der Waals surface area (Å²) >= 11 is 5.97. The minimum absolute atomic E-state index is 0.00265. The number of pyridine rings is 1. The first kappa shape index (κ1) is 31.6. The Balaban J connectivity index is 1.31. The highest BCUT2D eigenvalue weighted by Gasteiger charge is 2.50. The number of anilines is 2. The van der Waals surface area contributed by atoms with Crippen LogP contribution in [0, 0.1) is 11.7 Å². The Bertz CT molecular complexity index is 1690. The van der Waals surface area contributed by atoms with Gasteiger partial charge in [-0.25, -0.2) is 14.2 Å². The van der Waals surface area contributed by atoms with Crippen LogP contribution >= 0.6 is 11.6 Å². The van der Waals surface area contributed by atoms with Crippen LogP contribution in [0.1, 0.15) is 50.2 Å². The smallest absolute Gasteiger partial charge is 0.323 e. The van der Waals surface area contributed by atoms with Gasteiger partial charge < -0.3 is 15.0 Å². The molecule has 2 aliphatic heterocycles. The number of aromatic nitrogens is 1. The van der Waals surface area contributed by atoms with Gasteiger partial charge in [0.05, 0.1) is 17.3 Å². The van der Waals surface area contributed by atoms with Gasteiger partial charge in [0.15, 0.2) is 0 Å². The van der Waals surface area contributed by atoms with Crippen LogP contribution in [0.25, 0.3) is 0 Å². The number of nitrogens with zero attached hydrogens (tertiary/aromatic N) is 4. The first-order valence-electron chi connectivity index (χ1n) is 15.4. The van der Waals surface area contributed by atoms with Crippen LogP contribution in [0.15, 0.2) is 89.1 Å². The van der Waals surface area contributed by atoms with Crippen molar-refractivity contribution >= 4 is 47.0 Å². The fourth-order valence-electron chi connectivity index (χ4n) is 6.32. The highest BCUT2D eigenvalue weighted by atomic mass is 35.5. The molecule has 2 N–H and O–H groups in total. The summed E-state index contributed by atoms with van der Waals surface area (Å²) in [6, 6.07) is 15.8. The maximum Gasteiger partial charge on any atom is 0.323 e.